The largest absolute Gasteiger partial charge is 0.481 e. The summed E-state index contributed by atoms with van der Waals surface area (Å²) in [4.78, 5) is 34.5. The maximum Gasteiger partial charge on any atom is 0.318 e. The maximum absolute atomic E-state index is 12.3. The molecule has 0 aliphatic carbocycles. The van der Waals surface area contributed by atoms with E-state index < -0.39 is 18.0 Å². The van der Waals surface area contributed by atoms with Crippen LogP contribution in [0.15, 0.2) is 48.5 Å². The SMILES string of the molecule is C[C@@H](Oc1ccc(C(=O)c2ccc(Cl)cc2)cc1)C(=O)NC(N)=O. The Morgan fingerprint density at radius 1 is 1.00 bits per heavy atom. The van der Waals surface area contributed by atoms with Gasteiger partial charge in [0.1, 0.15) is 5.75 Å². The Bertz CT molecular complexity index is 757. The second-order valence-electron chi connectivity index (χ2n) is 4.97. The highest BCUT2D eigenvalue weighted by Gasteiger charge is 2.16. The molecule has 2 aromatic rings. The van der Waals surface area contributed by atoms with Crippen molar-refractivity contribution in [1.29, 1.82) is 0 Å². The highest BCUT2D eigenvalue weighted by molar-refractivity contribution is 6.30. The van der Waals surface area contributed by atoms with Crippen LogP contribution in [0.1, 0.15) is 22.8 Å². The van der Waals surface area contributed by atoms with Gasteiger partial charge in [0.15, 0.2) is 11.9 Å². The molecule has 0 radical (unpaired) electrons. The van der Waals surface area contributed by atoms with Crippen molar-refractivity contribution in [2.45, 2.75) is 13.0 Å². The standard InChI is InChI=1S/C17H15ClN2O4/c1-10(16(22)20-17(19)23)24-14-8-4-12(5-9-14)15(21)11-2-6-13(18)7-3-11/h2-10H,1H3,(H3,19,20,22,23)/t10-/m1/s1. The highest BCUT2D eigenvalue weighted by atomic mass is 35.5. The summed E-state index contributed by atoms with van der Waals surface area (Å²) in [6, 6.07) is 11.9. The third-order valence-electron chi connectivity index (χ3n) is 3.15. The van der Waals surface area contributed by atoms with Crippen LogP contribution < -0.4 is 15.8 Å². The van der Waals surface area contributed by atoms with Crippen LogP contribution >= 0.6 is 11.6 Å². The van der Waals surface area contributed by atoms with Crippen molar-refractivity contribution < 1.29 is 19.1 Å². The van der Waals surface area contributed by atoms with Crippen molar-refractivity contribution in [3.8, 4) is 5.75 Å². The molecule has 0 unspecified atom stereocenters. The summed E-state index contributed by atoms with van der Waals surface area (Å²) in [5.41, 5.74) is 5.86. The van der Waals surface area contributed by atoms with E-state index >= 15 is 0 Å². The van der Waals surface area contributed by atoms with Gasteiger partial charge < -0.3 is 10.5 Å². The molecule has 24 heavy (non-hydrogen) atoms. The molecule has 7 heteroatoms. The fourth-order valence-electron chi connectivity index (χ4n) is 1.93. The zero-order chi connectivity index (χ0) is 17.7. The summed E-state index contributed by atoms with van der Waals surface area (Å²) >= 11 is 5.80. The first-order valence-electron chi connectivity index (χ1n) is 7.04. The number of primary amides is 1. The number of ether oxygens (including phenoxy) is 1. The van der Waals surface area contributed by atoms with Gasteiger partial charge in [-0.1, -0.05) is 11.6 Å². The first kappa shape index (κ1) is 17.5. The van der Waals surface area contributed by atoms with E-state index in [0.29, 0.717) is 21.9 Å². The molecule has 0 heterocycles. The van der Waals surface area contributed by atoms with Crippen LogP contribution in [0.25, 0.3) is 0 Å². The number of nitrogens with one attached hydrogen (secondary N) is 1. The molecule has 3 N–H and O–H groups in total. The molecule has 0 aromatic heterocycles. The minimum Gasteiger partial charge on any atom is -0.481 e. The van der Waals surface area contributed by atoms with Crippen LogP contribution in [0.3, 0.4) is 0 Å². The number of hydrogen-bond acceptors (Lipinski definition) is 4. The number of nitrogens with two attached hydrogens (primary N) is 1. The Kier molecular flexibility index (Phi) is 5.55. The number of hydrogen-bond donors (Lipinski definition) is 2. The second-order valence-corrected chi connectivity index (χ2v) is 5.41. The van der Waals surface area contributed by atoms with Gasteiger partial charge in [-0.25, -0.2) is 4.79 Å². The average molecular weight is 347 g/mol. The van der Waals surface area contributed by atoms with Crippen molar-refractivity contribution in [2.24, 2.45) is 5.73 Å². The van der Waals surface area contributed by atoms with E-state index in [9.17, 15) is 14.4 Å². The van der Waals surface area contributed by atoms with Gasteiger partial charge >= 0.3 is 6.03 Å². The lowest BCUT2D eigenvalue weighted by Gasteiger charge is -2.13. The van der Waals surface area contributed by atoms with E-state index in [4.69, 9.17) is 22.1 Å². The number of benzene rings is 2. The number of halogens is 1. The number of carbonyl (C=O) groups is 3. The molecule has 0 fully saturated rings. The van der Waals surface area contributed by atoms with E-state index in [0.717, 1.165) is 0 Å². The molecule has 3 amide bonds. The first-order valence-corrected chi connectivity index (χ1v) is 7.42. The van der Waals surface area contributed by atoms with Gasteiger partial charge in [-0.2, -0.15) is 0 Å². The predicted octanol–water partition coefficient (Wildman–Crippen LogP) is 2.53. The molecule has 6 nitrogen and oxygen atoms in total. The van der Waals surface area contributed by atoms with Gasteiger partial charge in [-0.05, 0) is 55.5 Å². The molecule has 124 valence electrons. The molecule has 0 saturated carbocycles. The van der Waals surface area contributed by atoms with Gasteiger partial charge in [0.05, 0.1) is 0 Å². The number of amides is 3. The van der Waals surface area contributed by atoms with Crippen molar-refractivity contribution >= 4 is 29.3 Å². The lowest BCUT2D eigenvalue weighted by atomic mass is 10.0. The summed E-state index contributed by atoms with van der Waals surface area (Å²) in [7, 11) is 0. The van der Waals surface area contributed by atoms with Crippen LogP contribution in [0, 0.1) is 0 Å². The van der Waals surface area contributed by atoms with Crippen molar-refractivity contribution in [3.05, 3.63) is 64.7 Å². The summed E-state index contributed by atoms with van der Waals surface area (Å²) in [6.45, 7) is 1.48. The van der Waals surface area contributed by atoms with Crippen molar-refractivity contribution in [2.75, 3.05) is 0 Å². The minimum absolute atomic E-state index is 0.155. The van der Waals surface area contributed by atoms with E-state index in [1.54, 1.807) is 48.5 Å². The van der Waals surface area contributed by atoms with Crippen LogP contribution in [0.4, 0.5) is 4.79 Å². The van der Waals surface area contributed by atoms with Gasteiger partial charge in [0.25, 0.3) is 5.91 Å². The quantitative estimate of drug-likeness (QED) is 0.813. The summed E-state index contributed by atoms with van der Waals surface area (Å²) in [6.07, 6.45) is -0.907. The number of carbonyl (C=O) groups excluding carboxylic acids is 3. The summed E-state index contributed by atoms with van der Waals surface area (Å²) in [5.74, 6) is -0.420. The normalized spacial score (nSPS) is 11.4. The van der Waals surface area contributed by atoms with Gasteiger partial charge in [0.2, 0.25) is 0 Å². The fraction of sp³-hybridized carbons (Fsp3) is 0.118. The number of ketones is 1. The maximum atomic E-state index is 12.3. The minimum atomic E-state index is -0.945. The Balaban J connectivity index is 2.05. The van der Waals surface area contributed by atoms with Crippen LogP contribution in [0.2, 0.25) is 5.02 Å². The van der Waals surface area contributed by atoms with Crippen LogP contribution in [0.5, 0.6) is 5.75 Å². The first-order chi connectivity index (χ1) is 11.4. The van der Waals surface area contributed by atoms with Crippen molar-refractivity contribution in [3.63, 3.8) is 0 Å². The summed E-state index contributed by atoms with van der Waals surface area (Å²) in [5, 5.41) is 2.48. The van der Waals surface area contributed by atoms with Gasteiger partial charge in [0, 0.05) is 16.1 Å². The molecule has 0 aliphatic rings. The zero-order valence-electron chi connectivity index (χ0n) is 12.8. The molecule has 0 spiro atoms. The van der Waals surface area contributed by atoms with Crippen molar-refractivity contribution in [1.82, 2.24) is 5.32 Å². The Labute approximate surface area is 143 Å². The lowest BCUT2D eigenvalue weighted by Crippen LogP contribution is -2.42. The number of rotatable bonds is 5. The monoisotopic (exact) mass is 346 g/mol. The number of imide groups is 1. The Hall–Kier alpha value is -2.86. The number of urea groups is 1. The molecule has 2 rings (SSSR count). The van der Waals surface area contributed by atoms with E-state index in [2.05, 4.69) is 0 Å². The third-order valence-corrected chi connectivity index (χ3v) is 3.40. The Morgan fingerprint density at radius 2 is 1.50 bits per heavy atom. The Morgan fingerprint density at radius 3 is 2.00 bits per heavy atom. The molecule has 0 saturated heterocycles. The molecule has 0 aliphatic heterocycles. The second kappa shape index (κ2) is 7.61. The lowest BCUT2D eigenvalue weighted by molar-refractivity contribution is -0.126. The molecular formula is C17H15ClN2O4. The van der Waals surface area contributed by atoms with Gasteiger partial charge in [-0.15, -0.1) is 0 Å². The molecule has 1 atom stereocenters. The zero-order valence-corrected chi connectivity index (χ0v) is 13.5. The van der Waals surface area contributed by atoms with E-state index in [-0.39, 0.29) is 5.78 Å². The van der Waals surface area contributed by atoms with E-state index in [1.807, 2.05) is 5.32 Å². The smallest absolute Gasteiger partial charge is 0.318 e. The predicted molar refractivity (Wildman–Crippen MR) is 89.1 cm³/mol. The fourth-order valence-corrected chi connectivity index (χ4v) is 2.06. The summed E-state index contributed by atoms with van der Waals surface area (Å²) < 4.78 is 5.38. The third kappa shape index (κ3) is 4.57. The topological polar surface area (TPSA) is 98.5 Å². The molecule has 2 aromatic carbocycles. The van der Waals surface area contributed by atoms with E-state index in [1.165, 1.54) is 6.92 Å². The van der Waals surface area contributed by atoms with Crippen LogP contribution in [-0.4, -0.2) is 23.8 Å². The van der Waals surface area contributed by atoms with Gasteiger partial charge in [-0.3, -0.25) is 14.9 Å². The highest BCUT2D eigenvalue weighted by Crippen LogP contribution is 2.18. The average Bonchev–Trinajstić information content (AvgIpc) is 2.55. The molecular weight excluding hydrogens is 332 g/mol. The van der Waals surface area contributed by atoms with Crippen LogP contribution in [-0.2, 0) is 4.79 Å². The molecule has 0 bridgehead atoms.